The summed E-state index contributed by atoms with van der Waals surface area (Å²) in [6, 6.07) is 8.96. The molecule has 2 heterocycles. The molecule has 3 rings (SSSR count). The van der Waals surface area contributed by atoms with E-state index >= 15 is 0 Å². The smallest absolute Gasteiger partial charge is 0.255 e. The lowest BCUT2D eigenvalue weighted by Crippen LogP contribution is -2.26. The van der Waals surface area contributed by atoms with Crippen molar-refractivity contribution in [2.75, 3.05) is 0 Å². The van der Waals surface area contributed by atoms with Gasteiger partial charge in [-0.1, -0.05) is 18.2 Å². The van der Waals surface area contributed by atoms with Gasteiger partial charge >= 0.3 is 0 Å². The van der Waals surface area contributed by atoms with Crippen LogP contribution in [0, 0.1) is 11.3 Å². The number of carbonyl (C=O) groups is 1. The van der Waals surface area contributed by atoms with E-state index in [4.69, 9.17) is 0 Å². The van der Waals surface area contributed by atoms with Crippen molar-refractivity contribution in [3.8, 4) is 6.07 Å². The van der Waals surface area contributed by atoms with Crippen LogP contribution in [0.25, 0.3) is 0 Å². The molecule has 0 fully saturated rings. The predicted molar refractivity (Wildman–Crippen MR) is 66.8 cm³/mol. The minimum atomic E-state index is -0.502. The zero-order valence-corrected chi connectivity index (χ0v) is 10.2. The number of rotatable bonds is 2. The summed E-state index contributed by atoms with van der Waals surface area (Å²) >= 11 is 1.49. The highest BCUT2D eigenvalue weighted by Crippen LogP contribution is 2.34. The van der Waals surface area contributed by atoms with Crippen LogP contribution in [0.1, 0.15) is 27.0 Å². The summed E-state index contributed by atoms with van der Waals surface area (Å²) < 4.78 is 0. The average Bonchev–Trinajstić information content (AvgIpc) is 2.99. The number of thiazole rings is 1. The summed E-state index contributed by atoms with van der Waals surface area (Å²) in [5.41, 5.74) is 1.42. The Hall–Kier alpha value is -2.19. The van der Waals surface area contributed by atoms with Gasteiger partial charge in [-0.3, -0.25) is 4.79 Å². The quantitative estimate of drug-likeness (QED) is 0.827. The van der Waals surface area contributed by atoms with Gasteiger partial charge in [0.1, 0.15) is 11.0 Å². The highest BCUT2D eigenvalue weighted by molar-refractivity contribution is 7.09. The van der Waals surface area contributed by atoms with E-state index in [1.54, 1.807) is 17.2 Å². The maximum atomic E-state index is 12.2. The van der Waals surface area contributed by atoms with Crippen LogP contribution in [0.2, 0.25) is 0 Å². The number of nitriles is 1. The second-order valence-electron chi connectivity index (χ2n) is 3.98. The van der Waals surface area contributed by atoms with Crippen LogP contribution in [-0.4, -0.2) is 15.8 Å². The molecule has 88 valence electrons. The highest BCUT2D eigenvalue weighted by atomic mass is 32.1. The van der Waals surface area contributed by atoms with Gasteiger partial charge in [-0.2, -0.15) is 5.26 Å². The third-order valence-electron chi connectivity index (χ3n) is 2.97. The lowest BCUT2D eigenvalue weighted by molar-refractivity contribution is 0.0744. The number of nitrogens with zero attached hydrogens (tertiary/aromatic N) is 3. The lowest BCUT2D eigenvalue weighted by atomic mass is 10.1. The molecule has 0 N–H and O–H groups in total. The number of hydrogen-bond acceptors (Lipinski definition) is 4. The van der Waals surface area contributed by atoms with Crippen LogP contribution in [-0.2, 0) is 6.54 Å². The Morgan fingerprint density at radius 3 is 3.00 bits per heavy atom. The van der Waals surface area contributed by atoms with Gasteiger partial charge in [-0.25, -0.2) is 4.98 Å². The molecular formula is C13H9N3OS. The van der Waals surface area contributed by atoms with Gasteiger partial charge in [0.05, 0.1) is 12.6 Å². The van der Waals surface area contributed by atoms with Crippen LogP contribution in [0.5, 0.6) is 0 Å². The van der Waals surface area contributed by atoms with Crippen LogP contribution < -0.4 is 0 Å². The zero-order valence-electron chi connectivity index (χ0n) is 9.41. The third kappa shape index (κ3) is 1.59. The normalized spacial score (nSPS) is 17.6. The summed E-state index contributed by atoms with van der Waals surface area (Å²) in [5, 5.41) is 12.0. The first-order valence-corrected chi connectivity index (χ1v) is 6.37. The Labute approximate surface area is 108 Å². The first-order valence-electron chi connectivity index (χ1n) is 5.49. The van der Waals surface area contributed by atoms with Crippen molar-refractivity contribution in [1.82, 2.24) is 9.88 Å². The molecule has 2 aromatic rings. The fraction of sp³-hybridized carbons (Fsp3) is 0.154. The molecule has 1 amide bonds. The molecule has 0 aliphatic carbocycles. The lowest BCUT2D eigenvalue weighted by Gasteiger charge is -2.18. The molecule has 1 aromatic carbocycles. The molecule has 0 radical (unpaired) electrons. The van der Waals surface area contributed by atoms with Gasteiger partial charge in [0.2, 0.25) is 0 Å². The average molecular weight is 255 g/mol. The van der Waals surface area contributed by atoms with Crippen molar-refractivity contribution in [3.63, 3.8) is 0 Å². The molecule has 1 atom stereocenters. The summed E-state index contributed by atoms with van der Waals surface area (Å²) in [4.78, 5) is 18.0. The number of hydrogen-bond donors (Lipinski definition) is 0. The Bertz CT molecular complexity index is 630. The van der Waals surface area contributed by atoms with Gasteiger partial charge in [0.25, 0.3) is 5.91 Å². The SMILES string of the molecule is N#CC1c2ccccc2C(=O)N1Cc1nccs1. The molecule has 1 aliphatic heterocycles. The van der Waals surface area contributed by atoms with Crippen molar-refractivity contribution in [2.24, 2.45) is 0 Å². The maximum Gasteiger partial charge on any atom is 0.255 e. The van der Waals surface area contributed by atoms with Crippen molar-refractivity contribution in [3.05, 3.63) is 52.0 Å². The molecule has 0 bridgehead atoms. The molecule has 0 saturated carbocycles. The number of amides is 1. The van der Waals surface area contributed by atoms with Crippen LogP contribution in [0.3, 0.4) is 0 Å². The van der Waals surface area contributed by atoms with E-state index in [1.165, 1.54) is 11.3 Å². The van der Waals surface area contributed by atoms with Crippen molar-refractivity contribution < 1.29 is 4.79 Å². The molecule has 5 heteroatoms. The molecule has 0 spiro atoms. The minimum Gasteiger partial charge on any atom is -0.312 e. The molecule has 18 heavy (non-hydrogen) atoms. The van der Waals surface area contributed by atoms with E-state index in [2.05, 4.69) is 11.1 Å². The standard InChI is InChI=1S/C13H9N3OS/c14-7-11-9-3-1-2-4-10(9)13(17)16(11)8-12-15-5-6-18-12/h1-6,11H,8H2. The highest BCUT2D eigenvalue weighted by Gasteiger charge is 2.36. The van der Waals surface area contributed by atoms with Gasteiger partial charge < -0.3 is 4.90 Å². The van der Waals surface area contributed by atoms with Crippen LogP contribution in [0.15, 0.2) is 35.8 Å². The molecule has 4 nitrogen and oxygen atoms in total. The number of benzene rings is 1. The minimum absolute atomic E-state index is 0.0904. The second-order valence-corrected chi connectivity index (χ2v) is 4.96. The summed E-state index contributed by atoms with van der Waals surface area (Å²) in [6.07, 6.45) is 1.70. The number of carbonyl (C=O) groups excluding carboxylic acids is 1. The van der Waals surface area contributed by atoms with Gasteiger partial charge in [-0.15, -0.1) is 11.3 Å². The Morgan fingerprint density at radius 1 is 1.44 bits per heavy atom. The first kappa shape index (κ1) is 10.9. The second kappa shape index (κ2) is 4.24. The van der Waals surface area contributed by atoms with Gasteiger partial charge in [-0.05, 0) is 6.07 Å². The number of fused-ring (bicyclic) bond motifs is 1. The first-order chi connectivity index (χ1) is 8.81. The molecule has 1 aliphatic rings. The van der Waals surface area contributed by atoms with E-state index in [-0.39, 0.29) is 5.91 Å². The topological polar surface area (TPSA) is 57.0 Å². The Morgan fingerprint density at radius 2 is 2.28 bits per heavy atom. The summed E-state index contributed by atoms with van der Waals surface area (Å²) in [6.45, 7) is 0.392. The van der Waals surface area contributed by atoms with Crippen molar-refractivity contribution in [2.45, 2.75) is 12.6 Å². The summed E-state index contributed by atoms with van der Waals surface area (Å²) in [7, 11) is 0. The molecule has 1 aromatic heterocycles. The van der Waals surface area contributed by atoms with E-state index < -0.39 is 6.04 Å². The zero-order chi connectivity index (χ0) is 12.5. The van der Waals surface area contributed by atoms with E-state index in [9.17, 15) is 10.1 Å². The maximum absolute atomic E-state index is 12.2. The van der Waals surface area contributed by atoms with E-state index in [1.807, 2.05) is 23.6 Å². The Balaban J connectivity index is 1.98. The summed E-state index contributed by atoms with van der Waals surface area (Å²) in [5.74, 6) is -0.0904. The number of aromatic nitrogens is 1. The van der Waals surface area contributed by atoms with Crippen LogP contribution in [0.4, 0.5) is 0 Å². The Kier molecular flexibility index (Phi) is 2.58. The van der Waals surface area contributed by atoms with Crippen LogP contribution >= 0.6 is 11.3 Å². The fourth-order valence-corrected chi connectivity index (χ4v) is 2.76. The van der Waals surface area contributed by atoms with Crippen molar-refractivity contribution >= 4 is 17.2 Å². The van der Waals surface area contributed by atoms with E-state index in [0.717, 1.165) is 10.6 Å². The van der Waals surface area contributed by atoms with Crippen molar-refractivity contribution in [1.29, 1.82) is 5.26 Å². The van der Waals surface area contributed by atoms with E-state index in [0.29, 0.717) is 12.1 Å². The monoisotopic (exact) mass is 255 g/mol. The molecule has 1 unspecified atom stereocenters. The fourth-order valence-electron chi connectivity index (χ4n) is 2.15. The largest absolute Gasteiger partial charge is 0.312 e. The molecular weight excluding hydrogens is 246 g/mol. The predicted octanol–water partition coefficient (Wildman–Crippen LogP) is 2.36. The van der Waals surface area contributed by atoms with Gasteiger partial charge in [0, 0.05) is 22.7 Å². The van der Waals surface area contributed by atoms with Gasteiger partial charge in [0.15, 0.2) is 0 Å². The molecule has 0 saturated heterocycles. The third-order valence-corrected chi connectivity index (χ3v) is 3.73.